The molecule has 0 atom stereocenters. The first-order valence-corrected chi connectivity index (χ1v) is 5.38. The summed E-state index contributed by atoms with van der Waals surface area (Å²) in [6, 6.07) is 7.88. The van der Waals surface area contributed by atoms with Gasteiger partial charge in [-0.25, -0.2) is 0 Å². The van der Waals surface area contributed by atoms with Gasteiger partial charge >= 0.3 is 0 Å². The molecule has 0 aliphatic carbocycles. The third-order valence-electron chi connectivity index (χ3n) is 2.36. The van der Waals surface area contributed by atoms with Gasteiger partial charge in [0.2, 0.25) is 5.91 Å². The first-order valence-electron chi connectivity index (χ1n) is 5.38. The number of hydrogen-bond donors (Lipinski definition) is 2. The molecule has 90 valence electrons. The molecule has 5 heteroatoms. The van der Waals surface area contributed by atoms with Crippen molar-refractivity contribution in [3.05, 3.63) is 24.3 Å². The van der Waals surface area contributed by atoms with Crippen molar-refractivity contribution in [1.82, 2.24) is 4.98 Å². The Balaban J connectivity index is 2.20. The van der Waals surface area contributed by atoms with E-state index in [1.165, 1.54) is 0 Å². The fourth-order valence-electron chi connectivity index (χ4n) is 1.69. The molecule has 2 rings (SSSR count). The SMILES string of the molecule is CC(C)(CC(N)=O)Nc1nc2ccccc2o1. The van der Waals surface area contributed by atoms with E-state index in [2.05, 4.69) is 10.3 Å². The van der Waals surface area contributed by atoms with Crippen molar-refractivity contribution >= 4 is 23.0 Å². The molecule has 1 heterocycles. The van der Waals surface area contributed by atoms with Crippen LogP contribution in [0.1, 0.15) is 20.3 Å². The molecule has 0 radical (unpaired) electrons. The van der Waals surface area contributed by atoms with Crippen molar-refractivity contribution in [3.8, 4) is 0 Å². The number of amides is 1. The largest absolute Gasteiger partial charge is 0.424 e. The van der Waals surface area contributed by atoms with Crippen molar-refractivity contribution in [2.24, 2.45) is 5.73 Å². The Hall–Kier alpha value is -2.04. The molecule has 0 unspecified atom stereocenters. The van der Waals surface area contributed by atoms with E-state index in [1.54, 1.807) is 0 Å². The molecule has 0 spiro atoms. The zero-order valence-corrected chi connectivity index (χ0v) is 9.86. The van der Waals surface area contributed by atoms with Crippen molar-refractivity contribution in [1.29, 1.82) is 0 Å². The highest BCUT2D eigenvalue weighted by molar-refractivity contribution is 5.76. The van der Waals surface area contributed by atoms with E-state index < -0.39 is 5.54 Å². The molecule has 0 saturated carbocycles. The van der Waals surface area contributed by atoms with E-state index in [0.717, 1.165) is 5.52 Å². The molecule has 0 aliphatic rings. The average molecular weight is 233 g/mol. The summed E-state index contributed by atoms with van der Waals surface area (Å²) in [5, 5.41) is 3.06. The zero-order chi connectivity index (χ0) is 12.5. The quantitative estimate of drug-likeness (QED) is 0.845. The van der Waals surface area contributed by atoms with Gasteiger partial charge in [0.25, 0.3) is 6.01 Å². The first-order chi connectivity index (χ1) is 7.96. The molecule has 2 aromatic rings. The molecule has 0 fully saturated rings. The third-order valence-corrected chi connectivity index (χ3v) is 2.36. The number of nitrogens with two attached hydrogens (primary N) is 1. The molecular formula is C12H15N3O2. The van der Waals surface area contributed by atoms with E-state index in [-0.39, 0.29) is 12.3 Å². The molecular weight excluding hydrogens is 218 g/mol. The molecule has 1 aromatic carbocycles. The molecule has 3 N–H and O–H groups in total. The van der Waals surface area contributed by atoms with Crippen LogP contribution < -0.4 is 11.1 Å². The number of rotatable bonds is 4. The zero-order valence-electron chi connectivity index (χ0n) is 9.86. The lowest BCUT2D eigenvalue weighted by molar-refractivity contribution is -0.118. The number of nitrogens with one attached hydrogen (secondary N) is 1. The van der Waals surface area contributed by atoms with Crippen LogP contribution in [-0.4, -0.2) is 16.4 Å². The number of hydrogen-bond acceptors (Lipinski definition) is 4. The van der Waals surface area contributed by atoms with Crippen molar-refractivity contribution in [2.75, 3.05) is 5.32 Å². The summed E-state index contributed by atoms with van der Waals surface area (Å²) in [5.74, 6) is -0.362. The summed E-state index contributed by atoms with van der Waals surface area (Å²) in [4.78, 5) is 15.2. The summed E-state index contributed by atoms with van der Waals surface area (Å²) >= 11 is 0. The Bertz CT molecular complexity index is 512. The normalized spacial score (nSPS) is 11.6. The van der Waals surface area contributed by atoms with Crippen LogP contribution in [0.5, 0.6) is 0 Å². The number of oxazole rings is 1. The lowest BCUT2D eigenvalue weighted by Gasteiger charge is -2.23. The highest BCUT2D eigenvalue weighted by atomic mass is 16.4. The van der Waals surface area contributed by atoms with Crippen molar-refractivity contribution < 1.29 is 9.21 Å². The number of carbonyl (C=O) groups excluding carboxylic acids is 1. The fourth-order valence-corrected chi connectivity index (χ4v) is 1.69. The van der Waals surface area contributed by atoms with Gasteiger partial charge in [0.15, 0.2) is 5.58 Å². The third kappa shape index (κ3) is 2.75. The van der Waals surface area contributed by atoms with Crippen molar-refractivity contribution in [2.45, 2.75) is 25.8 Å². The van der Waals surface area contributed by atoms with Gasteiger partial charge in [0.1, 0.15) is 5.52 Å². The number of benzene rings is 1. The van der Waals surface area contributed by atoms with E-state index in [4.69, 9.17) is 10.2 Å². The smallest absolute Gasteiger partial charge is 0.296 e. The number of nitrogens with zero attached hydrogens (tertiary/aromatic N) is 1. The lowest BCUT2D eigenvalue weighted by atomic mass is 10.0. The van der Waals surface area contributed by atoms with Crippen LogP contribution >= 0.6 is 0 Å². The van der Waals surface area contributed by atoms with Gasteiger partial charge in [0, 0.05) is 12.0 Å². The molecule has 0 aliphatic heterocycles. The second-order valence-corrected chi connectivity index (χ2v) is 4.64. The van der Waals surface area contributed by atoms with Gasteiger partial charge in [-0.2, -0.15) is 4.98 Å². The maximum Gasteiger partial charge on any atom is 0.296 e. The van der Waals surface area contributed by atoms with Crippen molar-refractivity contribution in [3.63, 3.8) is 0 Å². The molecule has 0 bridgehead atoms. The van der Waals surface area contributed by atoms with Gasteiger partial charge in [-0.15, -0.1) is 0 Å². The average Bonchev–Trinajstić information content (AvgIpc) is 2.55. The monoisotopic (exact) mass is 233 g/mol. The van der Waals surface area contributed by atoms with Crippen LogP contribution in [0.2, 0.25) is 0 Å². The minimum Gasteiger partial charge on any atom is -0.424 e. The van der Waals surface area contributed by atoms with Crippen LogP contribution in [0.15, 0.2) is 28.7 Å². The van der Waals surface area contributed by atoms with Gasteiger partial charge in [-0.05, 0) is 26.0 Å². The Morgan fingerprint density at radius 1 is 1.47 bits per heavy atom. The van der Waals surface area contributed by atoms with E-state index in [1.807, 2.05) is 38.1 Å². The van der Waals surface area contributed by atoms with Gasteiger partial charge < -0.3 is 15.5 Å². The number of aromatic nitrogens is 1. The van der Waals surface area contributed by atoms with Gasteiger partial charge in [-0.3, -0.25) is 4.79 Å². The number of primary amides is 1. The predicted molar refractivity (Wildman–Crippen MR) is 65.5 cm³/mol. The Labute approximate surface area is 99.0 Å². The second kappa shape index (κ2) is 4.08. The van der Waals surface area contributed by atoms with Crippen LogP contribution in [-0.2, 0) is 4.79 Å². The summed E-state index contributed by atoms with van der Waals surface area (Å²) in [6.07, 6.45) is 0.214. The van der Waals surface area contributed by atoms with E-state index in [0.29, 0.717) is 11.6 Å². The highest BCUT2D eigenvalue weighted by Crippen LogP contribution is 2.22. The molecule has 1 amide bonds. The number of carbonyl (C=O) groups is 1. The Morgan fingerprint density at radius 2 is 2.18 bits per heavy atom. The standard InChI is InChI=1S/C12H15N3O2/c1-12(2,7-10(13)16)15-11-14-8-5-3-4-6-9(8)17-11/h3-6H,7H2,1-2H3,(H2,13,16)(H,14,15). The number of fused-ring (bicyclic) bond motifs is 1. The molecule has 17 heavy (non-hydrogen) atoms. The summed E-state index contributed by atoms with van der Waals surface area (Å²) in [5.41, 5.74) is 6.19. The van der Waals surface area contributed by atoms with Crippen LogP contribution in [0.3, 0.4) is 0 Å². The van der Waals surface area contributed by atoms with Crippen LogP contribution in [0.25, 0.3) is 11.1 Å². The van der Waals surface area contributed by atoms with E-state index in [9.17, 15) is 4.79 Å². The maximum atomic E-state index is 10.9. The lowest BCUT2D eigenvalue weighted by Crippen LogP contribution is -2.36. The Kier molecular flexibility index (Phi) is 2.75. The second-order valence-electron chi connectivity index (χ2n) is 4.64. The summed E-state index contributed by atoms with van der Waals surface area (Å²) < 4.78 is 5.51. The molecule has 5 nitrogen and oxygen atoms in total. The fraction of sp³-hybridized carbons (Fsp3) is 0.333. The molecule has 1 aromatic heterocycles. The molecule has 0 saturated heterocycles. The van der Waals surface area contributed by atoms with Gasteiger partial charge in [-0.1, -0.05) is 12.1 Å². The maximum absolute atomic E-state index is 10.9. The van der Waals surface area contributed by atoms with E-state index >= 15 is 0 Å². The van der Waals surface area contributed by atoms with Crippen LogP contribution in [0, 0.1) is 0 Å². The number of anilines is 1. The first kappa shape index (κ1) is 11.4. The highest BCUT2D eigenvalue weighted by Gasteiger charge is 2.22. The minimum atomic E-state index is -0.479. The number of para-hydroxylation sites is 2. The van der Waals surface area contributed by atoms with Crippen LogP contribution in [0.4, 0.5) is 6.01 Å². The summed E-state index contributed by atoms with van der Waals surface area (Å²) in [6.45, 7) is 3.74. The summed E-state index contributed by atoms with van der Waals surface area (Å²) in [7, 11) is 0. The Morgan fingerprint density at radius 3 is 2.82 bits per heavy atom. The topological polar surface area (TPSA) is 81.2 Å². The predicted octanol–water partition coefficient (Wildman–Crippen LogP) is 1.89. The minimum absolute atomic E-state index is 0.214. The van der Waals surface area contributed by atoms with Gasteiger partial charge in [0.05, 0.1) is 0 Å².